The van der Waals surface area contributed by atoms with Crippen molar-refractivity contribution in [2.24, 2.45) is 7.05 Å². The fourth-order valence-electron chi connectivity index (χ4n) is 1.57. The number of nitrogens with zero attached hydrogens (tertiary/aromatic N) is 2. The lowest BCUT2D eigenvalue weighted by Gasteiger charge is -2.15. The van der Waals surface area contributed by atoms with Crippen LogP contribution in [0.15, 0.2) is 0 Å². The number of ether oxygens (including phenoxy) is 1. The molecule has 0 radical (unpaired) electrons. The van der Waals surface area contributed by atoms with Crippen molar-refractivity contribution in [1.29, 1.82) is 0 Å². The molecular formula is C11H13ClF3N3O3S. The molecule has 0 aliphatic heterocycles. The third-order valence-electron chi connectivity index (χ3n) is 2.53. The monoisotopic (exact) mass is 359 g/mol. The summed E-state index contributed by atoms with van der Waals surface area (Å²) in [5.41, 5.74) is -1.88. The first-order valence-corrected chi connectivity index (χ1v) is 7.02. The van der Waals surface area contributed by atoms with Crippen LogP contribution in [0.1, 0.15) is 23.1 Å². The number of carbonyl (C=O) groups excluding carboxylic acids is 2. The van der Waals surface area contributed by atoms with Crippen LogP contribution in [0.2, 0.25) is 5.02 Å². The van der Waals surface area contributed by atoms with Crippen LogP contribution in [0, 0.1) is 0 Å². The molecule has 1 atom stereocenters. The van der Waals surface area contributed by atoms with Gasteiger partial charge < -0.3 is 10.1 Å². The van der Waals surface area contributed by atoms with Gasteiger partial charge in [0.2, 0.25) is 0 Å². The van der Waals surface area contributed by atoms with E-state index in [1.54, 1.807) is 6.92 Å². The molecule has 11 heteroatoms. The molecule has 0 aromatic carbocycles. The molecule has 0 aliphatic carbocycles. The third kappa shape index (κ3) is 4.07. The topological polar surface area (TPSA) is 73.2 Å². The highest BCUT2D eigenvalue weighted by Crippen LogP contribution is 2.35. The quantitative estimate of drug-likeness (QED) is 0.620. The molecule has 0 fully saturated rings. The zero-order valence-corrected chi connectivity index (χ0v) is 13.2. The lowest BCUT2D eigenvalue weighted by atomic mass is 10.3. The van der Waals surface area contributed by atoms with Gasteiger partial charge in [-0.05, 0) is 6.92 Å². The van der Waals surface area contributed by atoms with Crippen LogP contribution in [-0.4, -0.2) is 40.1 Å². The van der Waals surface area contributed by atoms with Crippen molar-refractivity contribution in [2.75, 3.05) is 12.4 Å². The highest BCUT2D eigenvalue weighted by Gasteiger charge is 2.40. The highest BCUT2D eigenvalue weighted by molar-refractivity contribution is 7.80. The Kier molecular flexibility index (Phi) is 6.12. The molecule has 0 unspecified atom stereocenters. The average molecular weight is 360 g/mol. The molecule has 0 bridgehead atoms. The molecule has 0 saturated carbocycles. The van der Waals surface area contributed by atoms with Gasteiger partial charge in [-0.25, -0.2) is 4.79 Å². The number of rotatable bonds is 5. The first kappa shape index (κ1) is 18.6. The second-order valence-corrected chi connectivity index (χ2v) is 4.84. The van der Waals surface area contributed by atoms with Gasteiger partial charge in [0.15, 0.2) is 5.69 Å². The number of amides is 1. The molecule has 1 amide bonds. The standard InChI is InChI=1S/C11H13ClF3N3O3S/c1-3-21-10(20)5(4-22)16-9(19)7-6(12)8(11(13,14)15)17-18(7)2/h5,22H,3-4H2,1-2H3,(H,16,19)/t5-/m0/s1. The second kappa shape index (κ2) is 7.23. The third-order valence-corrected chi connectivity index (χ3v) is 3.26. The van der Waals surface area contributed by atoms with Crippen LogP contribution in [0.4, 0.5) is 13.2 Å². The number of aryl methyl sites for hydroxylation is 1. The van der Waals surface area contributed by atoms with Crippen molar-refractivity contribution in [3.63, 3.8) is 0 Å². The van der Waals surface area contributed by atoms with Crippen molar-refractivity contribution in [2.45, 2.75) is 19.1 Å². The van der Waals surface area contributed by atoms with E-state index in [0.717, 1.165) is 7.05 Å². The normalized spacial score (nSPS) is 12.9. The van der Waals surface area contributed by atoms with E-state index in [1.165, 1.54) is 0 Å². The second-order valence-electron chi connectivity index (χ2n) is 4.09. The minimum absolute atomic E-state index is 0.0870. The first-order chi connectivity index (χ1) is 10.1. The molecule has 124 valence electrons. The Morgan fingerprint density at radius 2 is 2.09 bits per heavy atom. The zero-order chi connectivity index (χ0) is 17.1. The smallest absolute Gasteiger partial charge is 0.436 e. The van der Waals surface area contributed by atoms with Gasteiger partial charge in [0, 0.05) is 12.8 Å². The maximum Gasteiger partial charge on any atom is 0.436 e. The summed E-state index contributed by atoms with van der Waals surface area (Å²) in [6, 6.07) is -1.11. The lowest BCUT2D eigenvalue weighted by molar-refractivity contribution is -0.144. The molecular weight excluding hydrogens is 347 g/mol. The minimum atomic E-state index is -4.79. The van der Waals surface area contributed by atoms with E-state index in [2.05, 4.69) is 23.0 Å². The number of esters is 1. The molecule has 0 spiro atoms. The summed E-state index contributed by atoms with van der Waals surface area (Å²) < 4.78 is 43.5. The van der Waals surface area contributed by atoms with Gasteiger partial charge in [-0.1, -0.05) is 11.6 Å². The van der Waals surface area contributed by atoms with Gasteiger partial charge in [0.05, 0.1) is 6.61 Å². The molecule has 0 saturated heterocycles. The minimum Gasteiger partial charge on any atom is -0.464 e. The molecule has 1 rings (SSSR count). The summed E-state index contributed by atoms with van der Waals surface area (Å²) in [5.74, 6) is -1.82. The largest absolute Gasteiger partial charge is 0.464 e. The highest BCUT2D eigenvalue weighted by atomic mass is 35.5. The van der Waals surface area contributed by atoms with E-state index in [-0.39, 0.29) is 12.4 Å². The Labute approximate surface area is 134 Å². The fraction of sp³-hybridized carbons (Fsp3) is 0.545. The van der Waals surface area contributed by atoms with Crippen LogP contribution in [0.25, 0.3) is 0 Å². The number of aromatic nitrogens is 2. The van der Waals surface area contributed by atoms with Crippen molar-refractivity contribution < 1.29 is 27.5 Å². The molecule has 0 aliphatic rings. The van der Waals surface area contributed by atoms with E-state index in [1.807, 2.05) is 0 Å². The van der Waals surface area contributed by atoms with Crippen LogP contribution < -0.4 is 5.32 Å². The summed E-state index contributed by atoms with van der Waals surface area (Å²) in [6.07, 6.45) is -4.79. The lowest BCUT2D eigenvalue weighted by Crippen LogP contribution is -2.43. The van der Waals surface area contributed by atoms with E-state index >= 15 is 0 Å². The maximum atomic E-state index is 12.7. The van der Waals surface area contributed by atoms with Crippen molar-refractivity contribution >= 4 is 36.1 Å². The Morgan fingerprint density at radius 3 is 2.50 bits per heavy atom. The van der Waals surface area contributed by atoms with Gasteiger partial charge >= 0.3 is 12.1 Å². The summed E-state index contributed by atoms with van der Waals surface area (Å²) in [4.78, 5) is 23.6. The van der Waals surface area contributed by atoms with Crippen LogP contribution >= 0.6 is 24.2 Å². The Hall–Kier alpha value is -1.42. The van der Waals surface area contributed by atoms with Gasteiger partial charge in [0.25, 0.3) is 5.91 Å². The zero-order valence-electron chi connectivity index (χ0n) is 11.6. The molecule has 1 aromatic heterocycles. The SMILES string of the molecule is CCOC(=O)[C@H](CS)NC(=O)c1c(Cl)c(C(F)(F)F)nn1C. The van der Waals surface area contributed by atoms with E-state index in [4.69, 9.17) is 16.3 Å². The molecule has 22 heavy (non-hydrogen) atoms. The summed E-state index contributed by atoms with van der Waals surface area (Å²) in [6.45, 7) is 1.66. The van der Waals surface area contributed by atoms with Gasteiger partial charge in [-0.15, -0.1) is 0 Å². The number of carbonyl (C=O) groups is 2. The van der Waals surface area contributed by atoms with Gasteiger partial charge in [-0.2, -0.15) is 30.9 Å². The Bertz CT molecular complexity index is 577. The Morgan fingerprint density at radius 1 is 1.50 bits per heavy atom. The Balaban J connectivity index is 3.04. The van der Waals surface area contributed by atoms with Crippen LogP contribution in [0.5, 0.6) is 0 Å². The van der Waals surface area contributed by atoms with Crippen LogP contribution in [0.3, 0.4) is 0 Å². The molecule has 1 aromatic rings. The number of hydrogen-bond acceptors (Lipinski definition) is 5. The van der Waals surface area contributed by atoms with E-state index in [9.17, 15) is 22.8 Å². The van der Waals surface area contributed by atoms with Crippen molar-refractivity contribution in [3.05, 3.63) is 16.4 Å². The molecule has 6 nitrogen and oxygen atoms in total. The number of thiol groups is 1. The van der Waals surface area contributed by atoms with Crippen LogP contribution in [-0.2, 0) is 22.8 Å². The summed E-state index contributed by atoms with van der Waals surface area (Å²) in [5, 5.41) is 4.55. The molecule has 1 N–H and O–H groups in total. The van der Waals surface area contributed by atoms with E-state index in [0.29, 0.717) is 4.68 Å². The average Bonchev–Trinajstić information content (AvgIpc) is 2.71. The predicted octanol–water partition coefficient (Wildman–Crippen LogP) is 1.68. The van der Waals surface area contributed by atoms with Crippen molar-refractivity contribution in [1.82, 2.24) is 15.1 Å². The summed E-state index contributed by atoms with van der Waals surface area (Å²) in [7, 11) is 1.14. The summed E-state index contributed by atoms with van der Waals surface area (Å²) >= 11 is 9.46. The first-order valence-electron chi connectivity index (χ1n) is 6.01. The van der Waals surface area contributed by atoms with Crippen molar-refractivity contribution in [3.8, 4) is 0 Å². The molecule has 1 heterocycles. The van der Waals surface area contributed by atoms with Gasteiger partial charge in [-0.3, -0.25) is 9.48 Å². The van der Waals surface area contributed by atoms with Gasteiger partial charge in [0.1, 0.15) is 16.8 Å². The maximum absolute atomic E-state index is 12.7. The predicted molar refractivity (Wildman–Crippen MR) is 75.0 cm³/mol. The van der Waals surface area contributed by atoms with E-state index < -0.39 is 40.5 Å². The number of alkyl halides is 3. The fourth-order valence-corrected chi connectivity index (χ4v) is 2.17. The number of hydrogen-bond donors (Lipinski definition) is 2. The number of nitrogens with one attached hydrogen (secondary N) is 1. The number of halogens is 4.